The first-order chi connectivity index (χ1) is 10.2. The second kappa shape index (κ2) is 6.66. The van der Waals surface area contributed by atoms with Crippen LogP contribution < -0.4 is 0 Å². The van der Waals surface area contributed by atoms with Crippen LogP contribution in [0.1, 0.15) is 36.0 Å². The van der Waals surface area contributed by atoms with Gasteiger partial charge in [-0.2, -0.15) is 0 Å². The first-order valence-corrected chi connectivity index (χ1v) is 8.25. The molecule has 1 aliphatic heterocycles. The van der Waals surface area contributed by atoms with Gasteiger partial charge in [0.1, 0.15) is 0 Å². The molecule has 2 unspecified atom stereocenters. The lowest BCUT2D eigenvalue weighted by Gasteiger charge is -2.37. The van der Waals surface area contributed by atoms with E-state index in [1.54, 1.807) is 18.2 Å². The molecule has 1 saturated heterocycles. The minimum atomic E-state index is 0.0588. The molecule has 5 heteroatoms. The zero-order valence-electron chi connectivity index (χ0n) is 11.9. The van der Waals surface area contributed by atoms with Crippen LogP contribution in [0.5, 0.6) is 0 Å². The summed E-state index contributed by atoms with van der Waals surface area (Å²) in [5.74, 6) is 0.0588. The molecule has 21 heavy (non-hydrogen) atoms. The van der Waals surface area contributed by atoms with Crippen molar-refractivity contribution < 1.29 is 9.53 Å². The molecule has 1 saturated carbocycles. The minimum absolute atomic E-state index is 0.0588. The Bertz CT molecular complexity index is 535. The van der Waals surface area contributed by atoms with Gasteiger partial charge >= 0.3 is 0 Å². The van der Waals surface area contributed by atoms with Crippen molar-refractivity contribution >= 4 is 29.0 Å². The van der Waals surface area contributed by atoms with Gasteiger partial charge < -0.3 is 4.74 Å². The second-order valence-corrected chi connectivity index (χ2v) is 6.50. The molecule has 3 nitrogen and oxygen atoms in total. The van der Waals surface area contributed by atoms with Crippen LogP contribution in [-0.2, 0) is 4.74 Å². The van der Waals surface area contributed by atoms with Crippen molar-refractivity contribution in [2.24, 2.45) is 0 Å². The van der Waals surface area contributed by atoms with Gasteiger partial charge in [-0.1, -0.05) is 29.3 Å². The predicted octanol–water partition coefficient (Wildman–Crippen LogP) is 3.82. The van der Waals surface area contributed by atoms with Crippen molar-refractivity contribution in [1.29, 1.82) is 0 Å². The highest BCUT2D eigenvalue weighted by Gasteiger charge is 2.35. The number of morpholine rings is 1. The maximum absolute atomic E-state index is 12.4. The van der Waals surface area contributed by atoms with Crippen molar-refractivity contribution in [3.8, 4) is 0 Å². The highest BCUT2D eigenvalue weighted by molar-refractivity contribution is 6.43. The van der Waals surface area contributed by atoms with Crippen molar-refractivity contribution in [3.63, 3.8) is 0 Å². The fourth-order valence-corrected chi connectivity index (χ4v) is 3.79. The summed E-state index contributed by atoms with van der Waals surface area (Å²) in [6.45, 7) is 2.46. The lowest BCUT2D eigenvalue weighted by molar-refractivity contribution is -0.0550. The monoisotopic (exact) mass is 327 g/mol. The lowest BCUT2D eigenvalue weighted by atomic mass is 10.1. The zero-order valence-corrected chi connectivity index (χ0v) is 13.4. The second-order valence-electron chi connectivity index (χ2n) is 5.72. The van der Waals surface area contributed by atoms with Crippen LogP contribution in [0.15, 0.2) is 18.2 Å². The molecule has 2 atom stereocenters. The van der Waals surface area contributed by atoms with Crippen LogP contribution in [0.25, 0.3) is 0 Å². The molecule has 0 spiro atoms. The van der Waals surface area contributed by atoms with Gasteiger partial charge in [0.15, 0.2) is 5.78 Å². The number of benzene rings is 1. The molecule has 0 amide bonds. The summed E-state index contributed by atoms with van der Waals surface area (Å²) in [7, 11) is 0. The zero-order chi connectivity index (χ0) is 14.8. The van der Waals surface area contributed by atoms with E-state index in [-0.39, 0.29) is 5.78 Å². The fraction of sp³-hybridized carbons (Fsp3) is 0.562. The summed E-state index contributed by atoms with van der Waals surface area (Å²) >= 11 is 12.1. The highest BCUT2D eigenvalue weighted by atomic mass is 35.5. The average Bonchev–Trinajstić information content (AvgIpc) is 2.96. The van der Waals surface area contributed by atoms with Gasteiger partial charge in [0.2, 0.25) is 0 Å². The van der Waals surface area contributed by atoms with Crippen LogP contribution >= 0.6 is 23.2 Å². The number of Topliss-reactive ketones (excluding diaryl/α,β-unsaturated/α-hetero) is 1. The van der Waals surface area contributed by atoms with Crippen LogP contribution in [0.4, 0.5) is 0 Å². The summed E-state index contributed by atoms with van der Waals surface area (Å²) in [5, 5.41) is 0.801. The van der Waals surface area contributed by atoms with Crippen molar-refractivity contribution in [3.05, 3.63) is 33.8 Å². The van der Waals surface area contributed by atoms with Crippen LogP contribution in [0.2, 0.25) is 10.0 Å². The third-order valence-corrected chi connectivity index (χ3v) is 5.29. The van der Waals surface area contributed by atoms with Gasteiger partial charge in [-0.05, 0) is 31.4 Å². The van der Waals surface area contributed by atoms with Crippen LogP contribution in [0.3, 0.4) is 0 Å². The Morgan fingerprint density at radius 2 is 2.19 bits per heavy atom. The van der Waals surface area contributed by atoms with E-state index >= 15 is 0 Å². The number of carbonyl (C=O) groups is 1. The van der Waals surface area contributed by atoms with Crippen molar-refractivity contribution in [1.82, 2.24) is 4.90 Å². The Hall–Kier alpha value is -0.610. The molecular formula is C16H19Cl2NO2. The van der Waals surface area contributed by atoms with Gasteiger partial charge in [0.05, 0.1) is 22.8 Å². The largest absolute Gasteiger partial charge is 0.375 e. The number of fused-ring (bicyclic) bond motifs is 1. The maximum Gasteiger partial charge on any atom is 0.165 e. The fourth-order valence-electron chi connectivity index (χ4n) is 3.38. The Morgan fingerprint density at radius 3 is 3.05 bits per heavy atom. The molecule has 1 aromatic carbocycles. The van der Waals surface area contributed by atoms with E-state index < -0.39 is 0 Å². The first kappa shape index (κ1) is 15.3. The van der Waals surface area contributed by atoms with Gasteiger partial charge in [0, 0.05) is 31.1 Å². The summed E-state index contributed by atoms with van der Waals surface area (Å²) < 4.78 is 5.79. The maximum atomic E-state index is 12.4. The number of carbonyl (C=O) groups excluding carboxylic acids is 1. The summed E-state index contributed by atoms with van der Waals surface area (Å²) in [4.78, 5) is 14.8. The van der Waals surface area contributed by atoms with E-state index in [4.69, 9.17) is 27.9 Å². The van der Waals surface area contributed by atoms with Crippen LogP contribution in [-0.4, -0.2) is 42.5 Å². The molecule has 2 aliphatic rings. The third kappa shape index (κ3) is 3.26. The molecule has 0 radical (unpaired) electrons. The van der Waals surface area contributed by atoms with Gasteiger partial charge in [-0.3, -0.25) is 9.69 Å². The molecule has 1 aromatic rings. The lowest BCUT2D eigenvalue weighted by Crippen LogP contribution is -2.49. The Labute approximate surface area is 135 Å². The molecular weight excluding hydrogens is 309 g/mol. The molecule has 0 bridgehead atoms. The van der Waals surface area contributed by atoms with E-state index in [9.17, 15) is 4.79 Å². The Morgan fingerprint density at radius 1 is 1.33 bits per heavy atom. The number of ether oxygens (including phenoxy) is 1. The third-order valence-electron chi connectivity index (χ3n) is 4.48. The molecule has 0 aromatic heterocycles. The number of hydrogen-bond donors (Lipinski definition) is 0. The number of halogens is 2. The SMILES string of the molecule is O=C(CCN1CCOC2CCCC21)c1cccc(Cl)c1Cl. The molecule has 114 valence electrons. The molecule has 3 rings (SSSR count). The topological polar surface area (TPSA) is 29.5 Å². The standard InChI is InChI=1S/C16H19Cl2NO2/c17-12-4-1-3-11(16(12)18)14(20)7-8-19-9-10-21-15-6-2-5-13(15)19/h1,3-4,13,15H,2,5-10H2. The molecule has 1 heterocycles. The summed E-state index contributed by atoms with van der Waals surface area (Å²) in [6.07, 6.45) is 4.39. The van der Waals surface area contributed by atoms with Gasteiger partial charge in [0.25, 0.3) is 0 Å². The minimum Gasteiger partial charge on any atom is -0.375 e. The highest BCUT2D eigenvalue weighted by Crippen LogP contribution is 2.30. The Kier molecular flexibility index (Phi) is 4.85. The number of nitrogens with zero attached hydrogens (tertiary/aromatic N) is 1. The van der Waals surface area contributed by atoms with E-state index in [2.05, 4.69) is 4.90 Å². The Balaban J connectivity index is 1.62. The average molecular weight is 328 g/mol. The summed E-state index contributed by atoms with van der Waals surface area (Å²) in [5.41, 5.74) is 0.528. The normalized spacial score (nSPS) is 25.8. The van der Waals surface area contributed by atoms with E-state index in [0.717, 1.165) is 26.1 Å². The van der Waals surface area contributed by atoms with E-state index in [0.29, 0.717) is 34.2 Å². The van der Waals surface area contributed by atoms with Gasteiger partial charge in [-0.15, -0.1) is 0 Å². The van der Waals surface area contributed by atoms with Crippen LogP contribution in [0, 0.1) is 0 Å². The quantitative estimate of drug-likeness (QED) is 0.787. The van der Waals surface area contributed by atoms with E-state index in [1.807, 2.05) is 0 Å². The first-order valence-electron chi connectivity index (χ1n) is 7.49. The number of rotatable bonds is 4. The molecule has 1 aliphatic carbocycles. The predicted molar refractivity (Wildman–Crippen MR) is 84.4 cm³/mol. The number of ketones is 1. The molecule has 2 fully saturated rings. The smallest absolute Gasteiger partial charge is 0.165 e. The van der Waals surface area contributed by atoms with Crippen molar-refractivity contribution in [2.45, 2.75) is 37.8 Å². The van der Waals surface area contributed by atoms with Crippen molar-refractivity contribution in [2.75, 3.05) is 19.7 Å². The number of hydrogen-bond acceptors (Lipinski definition) is 3. The van der Waals surface area contributed by atoms with Gasteiger partial charge in [-0.25, -0.2) is 0 Å². The van der Waals surface area contributed by atoms with E-state index in [1.165, 1.54) is 12.8 Å². The summed E-state index contributed by atoms with van der Waals surface area (Å²) in [6, 6.07) is 5.70. The molecule has 0 N–H and O–H groups in total.